The van der Waals surface area contributed by atoms with Crippen LogP contribution in [-0.2, 0) is 0 Å². The molecule has 0 spiro atoms. The van der Waals surface area contributed by atoms with Gasteiger partial charge in [-0.25, -0.2) is 0 Å². The third kappa shape index (κ3) is 9.50. The molecule has 0 aromatic rings. The Hall–Kier alpha value is 0. The summed E-state index contributed by atoms with van der Waals surface area (Å²) >= 11 is 0. The van der Waals surface area contributed by atoms with E-state index < -0.39 is 0 Å². The molecule has 0 heteroatoms. The van der Waals surface area contributed by atoms with Crippen LogP contribution in [-0.4, -0.2) is 0 Å². The van der Waals surface area contributed by atoms with Crippen molar-refractivity contribution < 1.29 is 0 Å². The SMILES string of the molecule is CC(C(CCCCC1CCCCC1)C1(C2CCCCC2)CCCCC1)C(CCCCC1CCCCC1)(C1CCCCC1)C1CCCCC1. The fourth-order valence-corrected chi connectivity index (χ4v) is 15.0. The first-order valence-electron chi connectivity index (χ1n) is 23.7. The van der Waals surface area contributed by atoms with Crippen LogP contribution in [0, 0.1) is 52.3 Å². The van der Waals surface area contributed by atoms with Crippen molar-refractivity contribution in [1.29, 1.82) is 0 Å². The lowest BCUT2D eigenvalue weighted by Gasteiger charge is -2.61. The molecule has 6 rings (SSSR count). The molecular weight excluding hydrogens is 577 g/mol. The van der Waals surface area contributed by atoms with Crippen LogP contribution in [0.5, 0.6) is 0 Å². The molecule has 48 heavy (non-hydrogen) atoms. The monoisotopic (exact) mass is 663 g/mol. The first-order chi connectivity index (χ1) is 23.7. The van der Waals surface area contributed by atoms with Crippen LogP contribution >= 0.6 is 0 Å². The van der Waals surface area contributed by atoms with Crippen LogP contribution in [0.15, 0.2) is 0 Å². The molecule has 0 radical (unpaired) electrons. The molecule has 2 unspecified atom stereocenters. The second kappa shape index (κ2) is 19.7. The molecule has 0 nitrogen and oxygen atoms in total. The first-order valence-corrected chi connectivity index (χ1v) is 23.7. The standard InChI is InChI=1S/C48H86/c1-40(46(36-19-18-28-41-24-8-2-9-25-41)47(37-21-7-22-38-47)43-30-12-4-13-31-43)48(44-32-14-5-15-33-44,45-34-16-6-17-35-45)39-23-20-29-42-26-10-3-11-27-42/h40-46H,2-39H2,1H3. The summed E-state index contributed by atoms with van der Waals surface area (Å²) in [6.45, 7) is 3.00. The van der Waals surface area contributed by atoms with Crippen molar-refractivity contribution >= 4 is 0 Å². The molecule has 0 amide bonds. The van der Waals surface area contributed by atoms with Gasteiger partial charge in [0.05, 0.1) is 0 Å². The zero-order chi connectivity index (χ0) is 32.9. The van der Waals surface area contributed by atoms with E-state index in [4.69, 9.17) is 0 Å². The Balaban J connectivity index is 1.30. The van der Waals surface area contributed by atoms with Crippen LogP contribution in [0.3, 0.4) is 0 Å². The smallest absolute Gasteiger partial charge is 0.0212 e. The predicted octanol–water partition coefficient (Wildman–Crippen LogP) is 16.2. The Morgan fingerprint density at radius 3 is 1.38 bits per heavy atom. The van der Waals surface area contributed by atoms with E-state index in [1.807, 2.05) is 0 Å². The van der Waals surface area contributed by atoms with Gasteiger partial charge in [-0.1, -0.05) is 187 Å². The highest BCUT2D eigenvalue weighted by Crippen LogP contribution is 2.64. The Labute approximate surface area is 302 Å². The van der Waals surface area contributed by atoms with Gasteiger partial charge in [0, 0.05) is 0 Å². The van der Waals surface area contributed by atoms with Crippen LogP contribution in [0.2, 0.25) is 0 Å². The molecule has 0 saturated heterocycles. The van der Waals surface area contributed by atoms with E-state index in [1.54, 1.807) is 180 Å². The maximum absolute atomic E-state index is 3.00. The normalized spacial score (nSPS) is 27.9. The third-order valence-electron chi connectivity index (χ3n) is 17.4. The van der Waals surface area contributed by atoms with E-state index in [0.717, 1.165) is 41.4 Å². The van der Waals surface area contributed by atoms with Gasteiger partial charge in [0.2, 0.25) is 0 Å². The molecule has 0 bridgehead atoms. The summed E-state index contributed by atoms with van der Waals surface area (Å²) in [4.78, 5) is 0. The minimum absolute atomic E-state index is 0.639. The van der Waals surface area contributed by atoms with Crippen molar-refractivity contribution in [1.82, 2.24) is 0 Å². The van der Waals surface area contributed by atoms with Crippen LogP contribution in [0.1, 0.15) is 251 Å². The third-order valence-corrected chi connectivity index (χ3v) is 17.4. The van der Waals surface area contributed by atoms with E-state index in [9.17, 15) is 0 Å². The molecule has 6 aliphatic carbocycles. The van der Waals surface area contributed by atoms with E-state index in [0.29, 0.717) is 10.8 Å². The summed E-state index contributed by atoms with van der Waals surface area (Å²) in [5.74, 6) is 7.24. The average molecular weight is 663 g/mol. The molecule has 2 atom stereocenters. The van der Waals surface area contributed by atoms with Gasteiger partial charge in [-0.2, -0.15) is 0 Å². The highest BCUT2D eigenvalue weighted by molar-refractivity contribution is 5.05. The van der Waals surface area contributed by atoms with Gasteiger partial charge in [0.15, 0.2) is 0 Å². The molecule has 6 saturated carbocycles. The molecule has 278 valence electrons. The summed E-state index contributed by atoms with van der Waals surface area (Å²) in [6, 6.07) is 0. The van der Waals surface area contributed by atoms with Crippen molar-refractivity contribution in [3.05, 3.63) is 0 Å². The minimum Gasteiger partial charge on any atom is -0.0617 e. The molecule has 6 aliphatic rings. The van der Waals surface area contributed by atoms with E-state index in [-0.39, 0.29) is 0 Å². The highest BCUT2D eigenvalue weighted by Gasteiger charge is 2.56. The zero-order valence-corrected chi connectivity index (χ0v) is 32.9. The summed E-state index contributed by atoms with van der Waals surface area (Å²) in [5.41, 5.74) is 1.32. The van der Waals surface area contributed by atoms with Crippen LogP contribution in [0.25, 0.3) is 0 Å². The van der Waals surface area contributed by atoms with Gasteiger partial charge in [-0.05, 0) is 116 Å². The zero-order valence-electron chi connectivity index (χ0n) is 32.9. The first kappa shape index (κ1) is 37.7. The molecule has 0 aliphatic heterocycles. The molecule has 0 heterocycles. The fraction of sp³-hybridized carbons (Fsp3) is 1.00. The summed E-state index contributed by atoms with van der Waals surface area (Å²) in [5, 5.41) is 0. The van der Waals surface area contributed by atoms with Crippen molar-refractivity contribution in [2.75, 3.05) is 0 Å². The maximum Gasteiger partial charge on any atom is -0.0212 e. The summed E-state index contributed by atoms with van der Waals surface area (Å²) in [6.07, 6.45) is 59.3. The van der Waals surface area contributed by atoms with Gasteiger partial charge in [-0.3, -0.25) is 0 Å². The van der Waals surface area contributed by atoms with Crippen molar-refractivity contribution in [3.8, 4) is 0 Å². The fourth-order valence-electron chi connectivity index (χ4n) is 15.0. The predicted molar refractivity (Wildman–Crippen MR) is 210 cm³/mol. The Kier molecular flexibility index (Phi) is 15.5. The molecule has 0 aromatic carbocycles. The number of hydrogen-bond donors (Lipinski definition) is 0. The summed E-state index contributed by atoms with van der Waals surface area (Å²) < 4.78 is 0. The lowest BCUT2D eigenvalue weighted by Crippen LogP contribution is -2.53. The van der Waals surface area contributed by atoms with Crippen LogP contribution < -0.4 is 0 Å². The number of rotatable bonds is 16. The second-order valence-electron chi connectivity index (χ2n) is 19.8. The van der Waals surface area contributed by atoms with Gasteiger partial charge in [0.25, 0.3) is 0 Å². The summed E-state index contributed by atoms with van der Waals surface area (Å²) in [7, 11) is 0. The van der Waals surface area contributed by atoms with Gasteiger partial charge >= 0.3 is 0 Å². The lowest BCUT2D eigenvalue weighted by atomic mass is 9.44. The molecule has 0 N–H and O–H groups in total. The topological polar surface area (TPSA) is 0 Å². The average Bonchev–Trinajstić information content (AvgIpc) is 3.17. The van der Waals surface area contributed by atoms with E-state index >= 15 is 0 Å². The lowest BCUT2D eigenvalue weighted by molar-refractivity contribution is -0.115. The maximum atomic E-state index is 3.00. The molecular formula is C48H86. The van der Waals surface area contributed by atoms with E-state index in [1.165, 1.54) is 64.2 Å². The number of hydrogen-bond acceptors (Lipinski definition) is 0. The quantitative estimate of drug-likeness (QED) is 0.144. The van der Waals surface area contributed by atoms with Gasteiger partial charge in [-0.15, -0.1) is 0 Å². The van der Waals surface area contributed by atoms with E-state index in [2.05, 4.69) is 6.92 Å². The Morgan fingerprint density at radius 2 is 0.875 bits per heavy atom. The van der Waals surface area contributed by atoms with Crippen molar-refractivity contribution in [3.63, 3.8) is 0 Å². The van der Waals surface area contributed by atoms with Gasteiger partial charge in [0.1, 0.15) is 0 Å². The Bertz CT molecular complexity index is 815. The van der Waals surface area contributed by atoms with Crippen molar-refractivity contribution in [2.45, 2.75) is 251 Å². The highest BCUT2D eigenvalue weighted by atomic mass is 14.6. The Morgan fingerprint density at radius 1 is 0.458 bits per heavy atom. The number of unbranched alkanes of at least 4 members (excludes halogenated alkanes) is 2. The van der Waals surface area contributed by atoms with Crippen molar-refractivity contribution in [2.24, 2.45) is 52.3 Å². The van der Waals surface area contributed by atoms with Gasteiger partial charge < -0.3 is 0 Å². The molecule has 0 aromatic heterocycles. The largest absolute Gasteiger partial charge is 0.0617 e. The molecule has 6 fully saturated rings. The minimum atomic E-state index is 0.639. The second-order valence-corrected chi connectivity index (χ2v) is 19.8. The van der Waals surface area contributed by atoms with Crippen LogP contribution in [0.4, 0.5) is 0 Å².